The Bertz CT molecular complexity index is 392. The van der Waals surface area contributed by atoms with Crippen molar-refractivity contribution in [2.75, 3.05) is 17.7 Å². The van der Waals surface area contributed by atoms with Crippen LogP contribution in [0.2, 0.25) is 0 Å². The molecule has 2 rings (SSSR count). The fourth-order valence-corrected chi connectivity index (χ4v) is 2.08. The molecule has 0 radical (unpaired) electrons. The first-order valence-electron chi connectivity index (χ1n) is 5.77. The largest absolute Gasteiger partial charge is 0.399 e. The zero-order valence-electron chi connectivity index (χ0n) is 10.2. The van der Waals surface area contributed by atoms with Gasteiger partial charge in [0.05, 0.1) is 11.6 Å². The van der Waals surface area contributed by atoms with E-state index in [4.69, 9.17) is 10.5 Å². The Morgan fingerprint density at radius 2 is 2.25 bits per heavy atom. The van der Waals surface area contributed by atoms with Crippen LogP contribution in [-0.2, 0) is 4.74 Å². The third kappa shape index (κ3) is 2.00. The van der Waals surface area contributed by atoms with Crippen LogP contribution in [0.4, 0.5) is 11.4 Å². The van der Waals surface area contributed by atoms with E-state index in [2.05, 4.69) is 26.1 Å². The summed E-state index contributed by atoms with van der Waals surface area (Å²) in [7, 11) is 0. The first-order chi connectivity index (χ1) is 7.51. The molecule has 1 saturated heterocycles. The molecular formula is C13H20N2O. The molecule has 0 aromatic heterocycles. The number of benzene rings is 1. The summed E-state index contributed by atoms with van der Waals surface area (Å²) >= 11 is 0. The Morgan fingerprint density at radius 3 is 2.88 bits per heavy atom. The second-order valence-corrected chi connectivity index (χ2v) is 4.88. The molecule has 1 fully saturated rings. The van der Waals surface area contributed by atoms with Crippen LogP contribution >= 0.6 is 0 Å². The van der Waals surface area contributed by atoms with E-state index in [0.29, 0.717) is 0 Å². The number of nitrogens with one attached hydrogen (secondary N) is 1. The summed E-state index contributed by atoms with van der Waals surface area (Å²) in [5, 5.41) is 3.57. The molecule has 1 aromatic carbocycles. The minimum absolute atomic E-state index is 0.0125. The molecule has 3 nitrogen and oxygen atoms in total. The van der Waals surface area contributed by atoms with E-state index in [0.717, 1.165) is 24.4 Å². The van der Waals surface area contributed by atoms with Gasteiger partial charge < -0.3 is 15.8 Å². The molecule has 3 heteroatoms. The van der Waals surface area contributed by atoms with E-state index in [1.54, 1.807) is 0 Å². The number of aryl methyl sites for hydroxylation is 1. The first kappa shape index (κ1) is 11.3. The van der Waals surface area contributed by atoms with Crippen molar-refractivity contribution in [3.05, 3.63) is 23.8 Å². The predicted molar refractivity (Wildman–Crippen MR) is 67.7 cm³/mol. The number of ether oxygens (including phenoxy) is 1. The summed E-state index contributed by atoms with van der Waals surface area (Å²) in [5.41, 5.74) is 8.94. The van der Waals surface area contributed by atoms with Gasteiger partial charge in [0.15, 0.2) is 0 Å². The van der Waals surface area contributed by atoms with Gasteiger partial charge in [-0.2, -0.15) is 0 Å². The van der Waals surface area contributed by atoms with Crippen molar-refractivity contribution in [1.29, 1.82) is 0 Å². The standard InChI is InChI=1S/C13H20N2O/c1-9-4-5-11(14)8-12(9)15-13(3)6-7-16-10(13)2/h4-5,8,10,15H,6-7,14H2,1-3H3. The average Bonchev–Trinajstić information content (AvgIpc) is 2.53. The monoisotopic (exact) mass is 220 g/mol. The van der Waals surface area contributed by atoms with E-state index < -0.39 is 0 Å². The van der Waals surface area contributed by atoms with Gasteiger partial charge in [-0.25, -0.2) is 0 Å². The van der Waals surface area contributed by atoms with Gasteiger partial charge in [-0.05, 0) is 44.9 Å². The smallest absolute Gasteiger partial charge is 0.0774 e. The molecule has 2 unspecified atom stereocenters. The molecule has 0 bridgehead atoms. The summed E-state index contributed by atoms with van der Waals surface area (Å²) in [5.74, 6) is 0. The molecule has 3 N–H and O–H groups in total. The van der Waals surface area contributed by atoms with Crippen LogP contribution in [0.1, 0.15) is 25.8 Å². The second-order valence-electron chi connectivity index (χ2n) is 4.88. The van der Waals surface area contributed by atoms with Crippen molar-refractivity contribution in [2.45, 2.75) is 38.8 Å². The molecule has 0 amide bonds. The van der Waals surface area contributed by atoms with Gasteiger partial charge in [-0.3, -0.25) is 0 Å². The van der Waals surface area contributed by atoms with Gasteiger partial charge in [0.25, 0.3) is 0 Å². The number of nitrogen functional groups attached to an aromatic ring is 1. The average molecular weight is 220 g/mol. The molecular weight excluding hydrogens is 200 g/mol. The number of hydrogen-bond donors (Lipinski definition) is 2. The highest BCUT2D eigenvalue weighted by atomic mass is 16.5. The zero-order valence-corrected chi connectivity index (χ0v) is 10.2. The Hall–Kier alpha value is -1.22. The molecule has 2 atom stereocenters. The normalized spacial score (nSPS) is 29.3. The lowest BCUT2D eigenvalue weighted by molar-refractivity contribution is 0.105. The van der Waals surface area contributed by atoms with Crippen molar-refractivity contribution in [3.63, 3.8) is 0 Å². The Balaban J connectivity index is 2.23. The van der Waals surface area contributed by atoms with Crippen LogP contribution in [0.15, 0.2) is 18.2 Å². The third-order valence-corrected chi connectivity index (χ3v) is 3.57. The van der Waals surface area contributed by atoms with Crippen molar-refractivity contribution < 1.29 is 4.74 Å². The maximum atomic E-state index is 5.81. The van der Waals surface area contributed by atoms with Crippen molar-refractivity contribution in [3.8, 4) is 0 Å². The third-order valence-electron chi connectivity index (χ3n) is 3.57. The molecule has 0 aliphatic carbocycles. The number of anilines is 2. The van der Waals surface area contributed by atoms with Crippen LogP contribution in [0.25, 0.3) is 0 Å². The molecule has 0 spiro atoms. The number of rotatable bonds is 2. The fourth-order valence-electron chi connectivity index (χ4n) is 2.08. The van der Waals surface area contributed by atoms with Crippen LogP contribution in [-0.4, -0.2) is 18.2 Å². The second kappa shape index (κ2) is 3.98. The van der Waals surface area contributed by atoms with Crippen molar-refractivity contribution in [2.24, 2.45) is 0 Å². The van der Waals surface area contributed by atoms with E-state index >= 15 is 0 Å². The lowest BCUT2D eigenvalue weighted by Gasteiger charge is -2.31. The molecule has 1 aromatic rings. The molecule has 1 aliphatic rings. The van der Waals surface area contributed by atoms with Crippen LogP contribution < -0.4 is 11.1 Å². The van der Waals surface area contributed by atoms with Crippen LogP contribution in [0, 0.1) is 6.92 Å². The minimum Gasteiger partial charge on any atom is -0.399 e. The van der Waals surface area contributed by atoms with Crippen LogP contribution in [0.5, 0.6) is 0 Å². The molecule has 88 valence electrons. The van der Waals surface area contributed by atoms with Gasteiger partial charge >= 0.3 is 0 Å². The summed E-state index contributed by atoms with van der Waals surface area (Å²) in [6.07, 6.45) is 1.26. The maximum absolute atomic E-state index is 5.81. The summed E-state index contributed by atoms with van der Waals surface area (Å²) in [4.78, 5) is 0. The lowest BCUT2D eigenvalue weighted by Crippen LogP contribution is -2.41. The van der Waals surface area contributed by atoms with Gasteiger partial charge in [-0.15, -0.1) is 0 Å². The molecule has 1 aliphatic heterocycles. The van der Waals surface area contributed by atoms with E-state index in [9.17, 15) is 0 Å². The highest BCUT2D eigenvalue weighted by Crippen LogP contribution is 2.31. The molecule has 1 heterocycles. The zero-order chi connectivity index (χ0) is 11.8. The van der Waals surface area contributed by atoms with Gasteiger partial charge in [0.2, 0.25) is 0 Å². The van der Waals surface area contributed by atoms with E-state index in [1.807, 2.05) is 18.2 Å². The Kier molecular flexibility index (Phi) is 2.80. The topological polar surface area (TPSA) is 47.3 Å². The Labute approximate surface area is 97.0 Å². The number of hydrogen-bond acceptors (Lipinski definition) is 3. The SMILES string of the molecule is Cc1ccc(N)cc1NC1(C)CCOC1C. The van der Waals surface area contributed by atoms with Gasteiger partial charge in [0.1, 0.15) is 0 Å². The fraction of sp³-hybridized carbons (Fsp3) is 0.538. The van der Waals surface area contributed by atoms with E-state index in [1.165, 1.54) is 5.56 Å². The lowest BCUT2D eigenvalue weighted by atomic mass is 9.94. The molecule has 0 saturated carbocycles. The molecule has 16 heavy (non-hydrogen) atoms. The summed E-state index contributed by atoms with van der Waals surface area (Å²) < 4.78 is 5.62. The van der Waals surface area contributed by atoms with Gasteiger partial charge in [0, 0.05) is 18.0 Å². The maximum Gasteiger partial charge on any atom is 0.0774 e. The van der Waals surface area contributed by atoms with Crippen molar-refractivity contribution >= 4 is 11.4 Å². The quantitative estimate of drug-likeness (QED) is 0.753. The van der Waals surface area contributed by atoms with Gasteiger partial charge in [-0.1, -0.05) is 6.07 Å². The number of nitrogens with two attached hydrogens (primary N) is 1. The summed E-state index contributed by atoms with van der Waals surface area (Å²) in [6, 6.07) is 5.96. The van der Waals surface area contributed by atoms with E-state index in [-0.39, 0.29) is 11.6 Å². The minimum atomic E-state index is 0.0125. The predicted octanol–water partition coefficient (Wildman–Crippen LogP) is 2.56. The Morgan fingerprint density at radius 1 is 1.50 bits per heavy atom. The summed E-state index contributed by atoms with van der Waals surface area (Å²) in [6.45, 7) is 7.23. The first-order valence-corrected chi connectivity index (χ1v) is 5.77. The highest BCUT2D eigenvalue weighted by molar-refractivity contribution is 5.60. The highest BCUT2D eigenvalue weighted by Gasteiger charge is 2.37. The van der Waals surface area contributed by atoms with Crippen molar-refractivity contribution in [1.82, 2.24) is 0 Å². The van der Waals surface area contributed by atoms with Crippen LogP contribution in [0.3, 0.4) is 0 Å².